The first-order valence-corrected chi connectivity index (χ1v) is 5.13. The van der Waals surface area contributed by atoms with Gasteiger partial charge in [0.15, 0.2) is 0 Å². The van der Waals surface area contributed by atoms with Crippen molar-refractivity contribution < 1.29 is 27.5 Å². The summed E-state index contributed by atoms with van der Waals surface area (Å²) in [6.07, 6.45) is -5.43. The summed E-state index contributed by atoms with van der Waals surface area (Å²) in [4.78, 5) is 10.8. The Bertz CT molecular complexity index is 432. The maximum Gasteiger partial charge on any atom is 0.389 e. The molecule has 0 radical (unpaired) electrons. The summed E-state index contributed by atoms with van der Waals surface area (Å²) in [5.41, 5.74) is -0.589. The Morgan fingerprint density at radius 2 is 2.00 bits per heavy atom. The van der Waals surface area contributed by atoms with E-state index in [0.717, 1.165) is 6.07 Å². The number of hydrogen-bond acceptors (Lipinski definition) is 2. The number of carboxylic acids is 1. The molecule has 1 aromatic rings. The lowest BCUT2D eigenvalue weighted by molar-refractivity contribution is -0.134. The highest BCUT2D eigenvalue weighted by Gasteiger charge is 2.26. The van der Waals surface area contributed by atoms with Crippen molar-refractivity contribution in [3.63, 3.8) is 0 Å². The molecule has 0 spiro atoms. The lowest BCUT2D eigenvalue weighted by Gasteiger charge is -2.11. The summed E-state index contributed by atoms with van der Waals surface area (Å²) in [7, 11) is 0. The first-order chi connectivity index (χ1) is 8.31. The fourth-order valence-electron chi connectivity index (χ4n) is 1.40. The van der Waals surface area contributed by atoms with E-state index in [0.29, 0.717) is 0 Å². The number of hydrogen-bond donors (Lipinski definition) is 2. The van der Waals surface area contributed by atoms with Crippen LogP contribution in [-0.4, -0.2) is 23.8 Å². The van der Waals surface area contributed by atoms with Crippen molar-refractivity contribution in [2.24, 2.45) is 0 Å². The summed E-state index contributed by atoms with van der Waals surface area (Å²) in [5.74, 6) is -2.39. The van der Waals surface area contributed by atoms with Gasteiger partial charge in [-0.2, -0.15) is 13.2 Å². The molecule has 3 nitrogen and oxygen atoms in total. The van der Waals surface area contributed by atoms with Crippen LogP contribution in [0.2, 0.25) is 0 Å². The van der Waals surface area contributed by atoms with Gasteiger partial charge in [0, 0.05) is 13.0 Å². The van der Waals surface area contributed by atoms with Gasteiger partial charge in [-0.15, -0.1) is 0 Å². The van der Waals surface area contributed by atoms with Crippen LogP contribution in [0.5, 0.6) is 0 Å². The number of rotatable bonds is 5. The van der Waals surface area contributed by atoms with Gasteiger partial charge in [-0.1, -0.05) is 6.07 Å². The predicted molar refractivity (Wildman–Crippen MR) is 57.1 cm³/mol. The molecule has 0 aliphatic rings. The van der Waals surface area contributed by atoms with Crippen LogP contribution < -0.4 is 5.32 Å². The zero-order valence-corrected chi connectivity index (χ0v) is 9.22. The molecule has 0 aliphatic heterocycles. The second kappa shape index (κ2) is 5.70. The van der Waals surface area contributed by atoms with Crippen molar-refractivity contribution in [3.8, 4) is 0 Å². The summed E-state index contributed by atoms with van der Waals surface area (Å²) in [6, 6.07) is 3.57. The van der Waals surface area contributed by atoms with Gasteiger partial charge >= 0.3 is 12.1 Å². The average Bonchev–Trinajstić information content (AvgIpc) is 2.22. The van der Waals surface area contributed by atoms with Gasteiger partial charge in [-0.25, -0.2) is 9.18 Å². The number of carboxylic acid groups (broad SMARTS) is 1. The Labute approximate surface area is 100 Å². The molecule has 0 amide bonds. The number of nitrogens with one attached hydrogen (secondary N) is 1. The van der Waals surface area contributed by atoms with Crippen LogP contribution in [0.3, 0.4) is 0 Å². The Morgan fingerprint density at radius 3 is 2.56 bits per heavy atom. The van der Waals surface area contributed by atoms with Crippen LogP contribution in [0.4, 0.5) is 23.2 Å². The van der Waals surface area contributed by atoms with E-state index in [-0.39, 0.29) is 18.7 Å². The molecule has 0 aliphatic carbocycles. The fraction of sp³-hybridized carbons (Fsp3) is 0.364. The maximum absolute atomic E-state index is 13.2. The second-order valence-corrected chi connectivity index (χ2v) is 3.61. The third-order valence-electron chi connectivity index (χ3n) is 2.18. The van der Waals surface area contributed by atoms with Crippen LogP contribution in [0.15, 0.2) is 18.2 Å². The molecule has 0 atom stereocenters. The van der Waals surface area contributed by atoms with Crippen molar-refractivity contribution >= 4 is 11.7 Å². The van der Waals surface area contributed by atoms with E-state index in [1.54, 1.807) is 0 Å². The average molecular weight is 265 g/mol. The summed E-state index contributed by atoms with van der Waals surface area (Å²) >= 11 is 0. The lowest BCUT2D eigenvalue weighted by atomic mass is 10.1. The zero-order chi connectivity index (χ0) is 13.8. The molecule has 7 heteroatoms. The van der Waals surface area contributed by atoms with Gasteiger partial charge in [-0.3, -0.25) is 0 Å². The minimum atomic E-state index is -4.25. The van der Waals surface area contributed by atoms with Crippen molar-refractivity contribution in [2.45, 2.75) is 19.0 Å². The Morgan fingerprint density at radius 1 is 1.33 bits per heavy atom. The first-order valence-electron chi connectivity index (χ1n) is 5.13. The molecular weight excluding hydrogens is 254 g/mol. The maximum atomic E-state index is 13.2. The number of carbonyl (C=O) groups is 1. The number of halogens is 4. The van der Waals surface area contributed by atoms with Crippen LogP contribution in [0, 0.1) is 5.82 Å². The van der Waals surface area contributed by atoms with E-state index in [1.807, 2.05) is 0 Å². The molecule has 0 aromatic heterocycles. The lowest BCUT2D eigenvalue weighted by Crippen LogP contribution is -2.13. The molecular formula is C11H11F4NO2. The van der Waals surface area contributed by atoms with Crippen LogP contribution >= 0.6 is 0 Å². The van der Waals surface area contributed by atoms with Gasteiger partial charge in [0.05, 0.1) is 5.69 Å². The Kier molecular flexibility index (Phi) is 4.52. The minimum Gasteiger partial charge on any atom is -0.478 e. The van der Waals surface area contributed by atoms with Crippen molar-refractivity contribution in [1.82, 2.24) is 0 Å². The molecule has 0 saturated heterocycles. The number of aromatic carboxylic acids is 1. The quantitative estimate of drug-likeness (QED) is 0.634. The smallest absolute Gasteiger partial charge is 0.389 e. The van der Waals surface area contributed by atoms with Crippen LogP contribution in [0.25, 0.3) is 0 Å². The third kappa shape index (κ3) is 4.23. The normalized spacial score (nSPS) is 11.3. The van der Waals surface area contributed by atoms with E-state index < -0.39 is 29.9 Å². The summed E-state index contributed by atoms with van der Waals surface area (Å²) in [6.45, 7) is -0.0801. The molecule has 18 heavy (non-hydrogen) atoms. The fourth-order valence-corrected chi connectivity index (χ4v) is 1.40. The molecule has 1 rings (SSSR count). The number of benzene rings is 1. The van der Waals surface area contributed by atoms with Gasteiger partial charge in [0.25, 0.3) is 0 Å². The third-order valence-corrected chi connectivity index (χ3v) is 2.18. The van der Waals surface area contributed by atoms with Gasteiger partial charge in [0.1, 0.15) is 11.4 Å². The van der Waals surface area contributed by atoms with Gasteiger partial charge < -0.3 is 10.4 Å². The Hall–Kier alpha value is -1.79. The van der Waals surface area contributed by atoms with E-state index in [2.05, 4.69) is 5.32 Å². The molecule has 0 saturated carbocycles. The predicted octanol–water partition coefficient (Wildman–Crippen LogP) is 3.28. The molecule has 0 unspecified atom stereocenters. The van der Waals surface area contributed by atoms with E-state index in [9.17, 15) is 22.4 Å². The van der Waals surface area contributed by atoms with Crippen molar-refractivity contribution in [3.05, 3.63) is 29.6 Å². The standard InChI is InChI=1S/C11H11F4NO2/c12-7-3-1-4-8(9(7)10(17)18)16-6-2-5-11(13,14)15/h1,3-4,16H,2,5-6H2,(H,17,18). The molecule has 100 valence electrons. The number of anilines is 1. The van der Waals surface area contributed by atoms with Gasteiger partial charge in [0.2, 0.25) is 0 Å². The van der Waals surface area contributed by atoms with Crippen LogP contribution in [0.1, 0.15) is 23.2 Å². The number of alkyl halides is 3. The highest BCUT2D eigenvalue weighted by Crippen LogP contribution is 2.22. The minimum absolute atomic E-state index is 0.0234. The highest BCUT2D eigenvalue weighted by molar-refractivity contribution is 5.94. The van der Waals surface area contributed by atoms with Crippen LogP contribution in [-0.2, 0) is 0 Å². The van der Waals surface area contributed by atoms with E-state index >= 15 is 0 Å². The first kappa shape index (κ1) is 14.3. The SMILES string of the molecule is O=C(O)c1c(F)cccc1NCCCC(F)(F)F. The van der Waals surface area contributed by atoms with E-state index in [4.69, 9.17) is 5.11 Å². The topological polar surface area (TPSA) is 49.3 Å². The molecule has 0 fully saturated rings. The monoisotopic (exact) mass is 265 g/mol. The summed E-state index contributed by atoms with van der Waals surface area (Å²) in [5, 5.41) is 11.3. The van der Waals surface area contributed by atoms with Gasteiger partial charge in [-0.05, 0) is 18.6 Å². The molecule has 2 N–H and O–H groups in total. The Balaban J connectivity index is 2.63. The largest absolute Gasteiger partial charge is 0.478 e. The van der Waals surface area contributed by atoms with E-state index in [1.165, 1.54) is 12.1 Å². The second-order valence-electron chi connectivity index (χ2n) is 3.61. The molecule has 1 aromatic carbocycles. The summed E-state index contributed by atoms with van der Waals surface area (Å²) < 4.78 is 48.8. The van der Waals surface area contributed by atoms with Crippen molar-refractivity contribution in [2.75, 3.05) is 11.9 Å². The van der Waals surface area contributed by atoms with Crippen molar-refractivity contribution in [1.29, 1.82) is 0 Å². The molecule has 0 bridgehead atoms. The highest BCUT2D eigenvalue weighted by atomic mass is 19.4. The zero-order valence-electron chi connectivity index (χ0n) is 9.22. The molecule has 0 heterocycles.